The first-order valence-corrected chi connectivity index (χ1v) is 18.7. The van der Waals surface area contributed by atoms with Gasteiger partial charge in [-0.25, -0.2) is 39.0 Å². The van der Waals surface area contributed by atoms with Crippen LogP contribution >= 0.6 is 15.2 Å². The molecule has 18 nitrogen and oxygen atoms in total. The molecule has 2 aliphatic heterocycles. The Hall–Kier alpha value is -4.96. The van der Waals surface area contributed by atoms with Crippen LogP contribution in [0, 0.1) is 0 Å². The van der Waals surface area contributed by atoms with Crippen LogP contribution in [0.2, 0.25) is 0 Å². The van der Waals surface area contributed by atoms with E-state index in [0.29, 0.717) is 58.6 Å². The Morgan fingerprint density at radius 3 is 1.44 bits per heavy atom. The number of hydrogen-bond donors (Lipinski definition) is 2. The first kappa shape index (κ1) is 33.5. The van der Waals surface area contributed by atoms with Gasteiger partial charge in [-0.1, -0.05) is 36.4 Å². The third kappa shape index (κ3) is 7.75. The minimum Gasteiger partial charge on any atom is -0.423 e. The Bertz CT molecular complexity index is 1990. The van der Waals surface area contributed by atoms with Crippen molar-refractivity contribution in [3.8, 4) is 11.5 Å². The predicted octanol–water partition coefficient (Wildman–Crippen LogP) is 4.11. The van der Waals surface area contributed by atoms with Crippen LogP contribution in [0.4, 0.5) is 11.6 Å². The van der Waals surface area contributed by atoms with Gasteiger partial charge >= 0.3 is 15.2 Å². The molecule has 20 heteroatoms. The van der Waals surface area contributed by atoms with E-state index in [0.717, 1.165) is 0 Å². The molecule has 260 valence electrons. The Balaban J connectivity index is 0.000000157. The molecule has 6 aromatic rings. The second kappa shape index (κ2) is 14.5. The molecule has 0 unspecified atom stereocenters. The van der Waals surface area contributed by atoms with Crippen molar-refractivity contribution in [2.45, 2.75) is 25.3 Å². The van der Waals surface area contributed by atoms with Gasteiger partial charge in [0.05, 0.1) is 39.0 Å². The average Bonchev–Trinajstić information content (AvgIpc) is 3.74. The molecule has 6 heterocycles. The molecule has 0 saturated carbocycles. The maximum absolute atomic E-state index is 12.6. The third-order valence-corrected chi connectivity index (χ3v) is 10.5. The molecule has 4 N–H and O–H groups in total. The molecular formula is C30H32N10O8P2. The highest BCUT2D eigenvalue weighted by Gasteiger charge is 2.36. The normalized spacial score (nSPS) is 23.6. The molecule has 2 aromatic carbocycles. The molecule has 0 amide bonds. The maximum atomic E-state index is 12.6. The van der Waals surface area contributed by atoms with E-state index in [1.807, 2.05) is 12.1 Å². The number of ether oxygens (including phenoxy) is 2. The maximum Gasteiger partial charge on any atom is 0.404 e. The van der Waals surface area contributed by atoms with Gasteiger partial charge in [0.15, 0.2) is 35.6 Å². The molecule has 4 aromatic heterocycles. The van der Waals surface area contributed by atoms with Gasteiger partial charge in [-0.3, -0.25) is 9.05 Å². The van der Waals surface area contributed by atoms with Crippen LogP contribution in [0.3, 0.4) is 0 Å². The van der Waals surface area contributed by atoms with Crippen molar-refractivity contribution < 1.29 is 36.7 Å². The molecule has 4 atom stereocenters. The van der Waals surface area contributed by atoms with Crippen molar-refractivity contribution in [2.75, 3.05) is 37.4 Å². The molecule has 0 radical (unpaired) electrons. The summed E-state index contributed by atoms with van der Waals surface area (Å²) >= 11 is 0. The van der Waals surface area contributed by atoms with Gasteiger partial charge in [-0.15, -0.1) is 0 Å². The first-order chi connectivity index (χ1) is 24.3. The number of anilines is 2. The lowest BCUT2D eigenvalue weighted by Crippen LogP contribution is -2.31. The van der Waals surface area contributed by atoms with Gasteiger partial charge in [-0.05, 0) is 24.3 Å². The number of benzene rings is 2. The number of para-hydroxylation sites is 2. The van der Waals surface area contributed by atoms with Crippen LogP contribution in [0.1, 0.15) is 0 Å². The highest BCUT2D eigenvalue weighted by molar-refractivity contribution is 7.54. The van der Waals surface area contributed by atoms with E-state index < -0.39 is 15.2 Å². The lowest BCUT2D eigenvalue weighted by molar-refractivity contribution is -0.00593. The summed E-state index contributed by atoms with van der Waals surface area (Å²) in [7, 11) is -6.62. The Morgan fingerprint density at radius 1 is 0.640 bits per heavy atom. The van der Waals surface area contributed by atoms with Crippen molar-refractivity contribution in [1.82, 2.24) is 39.0 Å². The zero-order chi connectivity index (χ0) is 34.6. The number of nitrogen functional groups attached to an aromatic ring is 2. The van der Waals surface area contributed by atoms with Gasteiger partial charge in [0.2, 0.25) is 0 Å². The lowest BCUT2D eigenvalue weighted by atomic mass is 10.3. The molecule has 0 bridgehead atoms. The number of imidazole rings is 2. The van der Waals surface area contributed by atoms with E-state index >= 15 is 0 Å². The summed E-state index contributed by atoms with van der Waals surface area (Å²) in [4.78, 5) is 24.6. The van der Waals surface area contributed by atoms with Gasteiger partial charge in [0.25, 0.3) is 0 Å². The molecule has 8 rings (SSSR count). The molecular weight excluding hydrogens is 690 g/mol. The largest absolute Gasteiger partial charge is 0.423 e. The van der Waals surface area contributed by atoms with Gasteiger partial charge in [0.1, 0.15) is 47.4 Å². The summed E-state index contributed by atoms with van der Waals surface area (Å²) in [6.07, 6.45) is 5.19. The van der Waals surface area contributed by atoms with Crippen molar-refractivity contribution in [3.05, 3.63) is 86.0 Å². The standard InChI is InChI=1S/2C15H16N5O4P/c2*16-14-13-15(18-8-17-14)20(9-19-13)6-12-7-23-25(21,10-22-12)24-11-4-2-1-3-5-11/h2*1-5,8-9,12H,6-7,10H2,(H2,16,17,18)/t2*12-,25-/m00/s1. The van der Waals surface area contributed by atoms with E-state index in [4.69, 9.17) is 39.0 Å². The summed E-state index contributed by atoms with van der Waals surface area (Å²) in [6.45, 7) is 1.17. The van der Waals surface area contributed by atoms with E-state index in [9.17, 15) is 9.13 Å². The molecule has 2 saturated heterocycles. The first-order valence-electron chi connectivity index (χ1n) is 15.3. The smallest absolute Gasteiger partial charge is 0.404 e. The van der Waals surface area contributed by atoms with Gasteiger partial charge in [-0.2, -0.15) is 0 Å². The summed E-state index contributed by atoms with van der Waals surface area (Å²) in [5.41, 5.74) is 13.9. The second-order valence-corrected chi connectivity index (χ2v) is 15.0. The average molecular weight is 723 g/mol. The number of nitrogens with zero attached hydrogens (tertiary/aromatic N) is 8. The second-order valence-electron chi connectivity index (χ2n) is 11.1. The highest BCUT2D eigenvalue weighted by atomic mass is 31.2. The monoisotopic (exact) mass is 722 g/mol. The van der Waals surface area contributed by atoms with Crippen LogP contribution in [-0.4, -0.2) is 77.2 Å². The topological polar surface area (TPSA) is 229 Å². The summed E-state index contributed by atoms with van der Waals surface area (Å²) < 4.78 is 62.0. The quantitative estimate of drug-likeness (QED) is 0.211. The van der Waals surface area contributed by atoms with Crippen LogP contribution in [0.5, 0.6) is 11.5 Å². The third-order valence-electron chi connectivity index (χ3n) is 7.49. The number of rotatable bonds is 8. The van der Waals surface area contributed by atoms with Crippen molar-refractivity contribution in [1.29, 1.82) is 0 Å². The van der Waals surface area contributed by atoms with Crippen LogP contribution in [-0.2, 0) is 40.7 Å². The lowest BCUT2D eigenvalue weighted by Gasteiger charge is -2.29. The van der Waals surface area contributed by atoms with E-state index in [-0.39, 0.29) is 38.1 Å². The Labute approximate surface area is 284 Å². The van der Waals surface area contributed by atoms with E-state index in [1.165, 1.54) is 12.7 Å². The van der Waals surface area contributed by atoms with Crippen LogP contribution in [0.15, 0.2) is 86.0 Å². The van der Waals surface area contributed by atoms with Crippen LogP contribution < -0.4 is 20.5 Å². The van der Waals surface area contributed by atoms with Crippen molar-refractivity contribution >= 4 is 49.2 Å². The van der Waals surface area contributed by atoms with Crippen molar-refractivity contribution in [3.63, 3.8) is 0 Å². The molecule has 50 heavy (non-hydrogen) atoms. The van der Waals surface area contributed by atoms with E-state index in [1.54, 1.807) is 70.3 Å². The zero-order valence-electron chi connectivity index (χ0n) is 26.4. The minimum absolute atomic E-state index is 0.115. The highest BCUT2D eigenvalue weighted by Crippen LogP contribution is 2.51. The van der Waals surface area contributed by atoms with Gasteiger partial charge in [0, 0.05) is 0 Å². The predicted molar refractivity (Wildman–Crippen MR) is 180 cm³/mol. The SMILES string of the molecule is Nc1ncnc2c1ncn2C[C@H]1CO[P@](=O)(Oc2ccccc2)CO1.Nc1ncnc2c1ncn2C[C@H]1CO[P@](=O)(Oc2ccccc2)CO1. The zero-order valence-corrected chi connectivity index (χ0v) is 28.2. The van der Waals surface area contributed by atoms with E-state index in [2.05, 4.69) is 29.9 Å². The fourth-order valence-electron chi connectivity index (χ4n) is 5.06. The minimum atomic E-state index is -3.31. The Morgan fingerprint density at radius 2 is 1.06 bits per heavy atom. The number of nitrogens with two attached hydrogens (primary N) is 2. The summed E-state index contributed by atoms with van der Waals surface area (Å²) in [5, 5.41) is 0. The fourth-order valence-corrected chi connectivity index (χ4v) is 7.88. The molecule has 2 fully saturated rings. The fraction of sp³-hybridized carbons (Fsp3) is 0.267. The number of hydrogen-bond acceptors (Lipinski definition) is 16. The summed E-state index contributed by atoms with van der Waals surface area (Å²) in [6, 6.07) is 17.8. The molecule has 2 aliphatic rings. The molecule has 0 spiro atoms. The number of aromatic nitrogens is 8. The van der Waals surface area contributed by atoms with Crippen LogP contribution in [0.25, 0.3) is 22.3 Å². The molecule has 0 aliphatic carbocycles. The van der Waals surface area contributed by atoms with Gasteiger partial charge < -0.3 is 39.1 Å². The Kier molecular flexibility index (Phi) is 9.72. The summed E-state index contributed by atoms with van der Waals surface area (Å²) in [5.74, 6) is 1.62. The number of fused-ring (bicyclic) bond motifs is 2. The van der Waals surface area contributed by atoms with Crippen molar-refractivity contribution in [2.24, 2.45) is 0 Å².